The Morgan fingerprint density at radius 1 is 1.33 bits per heavy atom. The first-order valence-electron chi connectivity index (χ1n) is 7.47. The fourth-order valence-corrected chi connectivity index (χ4v) is 3.23. The summed E-state index contributed by atoms with van der Waals surface area (Å²) in [4.78, 5) is 14.8. The van der Waals surface area contributed by atoms with Crippen LogP contribution in [-0.4, -0.2) is 43.6 Å². The SMILES string of the molecule is CNC1CCCN(C(=O)C2CCOc3ccccc32)C1.Cl. The number of nitrogens with zero attached hydrogens (tertiary/aromatic N) is 1. The first-order valence-corrected chi connectivity index (χ1v) is 7.47. The lowest BCUT2D eigenvalue weighted by Gasteiger charge is -2.36. The minimum atomic E-state index is -0.0319. The summed E-state index contributed by atoms with van der Waals surface area (Å²) in [6, 6.07) is 8.37. The van der Waals surface area contributed by atoms with Crippen molar-refractivity contribution in [2.45, 2.75) is 31.2 Å². The van der Waals surface area contributed by atoms with E-state index in [4.69, 9.17) is 4.74 Å². The van der Waals surface area contributed by atoms with Gasteiger partial charge in [-0.1, -0.05) is 18.2 Å². The fourth-order valence-electron chi connectivity index (χ4n) is 3.23. The predicted octanol–water partition coefficient (Wildman–Crippen LogP) is 2.18. The molecule has 21 heavy (non-hydrogen) atoms. The molecule has 0 bridgehead atoms. The number of amides is 1. The zero-order chi connectivity index (χ0) is 13.9. The second-order valence-corrected chi connectivity index (χ2v) is 5.64. The summed E-state index contributed by atoms with van der Waals surface area (Å²) in [5.41, 5.74) is 1.05. The van der Waals surface area contributed by atoms with Crippen molar-refractivity contribution in [3.05, 3.63) is 29.8 Å². The molecule has 1 fully saturated rings. The summed E-state index contributed by atoms with van der Waals surface area (Å²) in [6.07, 6.45) is 3.03. The lowest BCUT2D eigenvalue weighted by Crippen LogP contribution is -2.48. The fraction of sp³-hybridized carbons (Fsp3) is 0.562. The molecule has 1 amide bonds. The third-order valence-corrected chi connectivity index (χ3v) is 4.40. The van der Waals surface area contributed by atoms with E-state index in [0.717, 1.165) is 43.7 Å². The van der Waals surface area contributed by atoms with Crippen molar-refractivity contribution in [2.75, 3.05) is 26.7 Å². The van der Waals surface area contributed by atoms with E-state index in [-0.39, 0.29) is 24.2 Å². The summed E-state index contributed by atoms with van der Waals surface area (Å²) in [6.45, 7) is 2.35. The van der Waals surface area contributed by atoms with Gasteiger partial charge in [0.25, 0.3) is 0 Å². The van der Waals surface area contributed by atoms with Crippen molar-refractivity contribution in [1.29, 1.82) is 0 Å². The van der Waals surface area contributed by atoms with Gasteiger partial charge in [-0.05, 0) is 32.4 Å². The number of likely N-dealkylation sites (tertiary alicyclic amines) is 1. The number of para-hydroxylation sites is 1. The lowest BCUT2D eigenvalue weighted by atomic mass is 9.91. The molecule has 4 nitrogen and oxygen atoms in total. The number of hydrogen-bond acceptors (Lipinski definition) is 3. The van der Waals surface area contributed by atoms with Crippen LogP contribution >= 0.6 is 12.4 Å². The Morgan fingerprint density at radius 2 is 2.14 bits per heavy atom. The molecule has 3 rings (SSSR count). The van der Waals surface area contributed by atoms with E-state index >= 15 is 0 Å². The summed E-state index contributed by atoms with van der Waals surface area (Å²) in [7, 11) is 1.97. The Bertz CT molecular complexity index is 495. The second kappa shape index (κ2) is 7.14. The van der Waals surface area contributed by atoms with Gasteiger partial charge in [0.1, 0.15) is 5.75 Å². The van der Waals surface area contributed by atoms with Crippen LogP contribution in [0.1, 0.15) is 30.7 Å². The van der Waals surface area contributed by atoms with Crippen LogP contribution in [-0.2, 0) is 4.79 Å². The van der Waals surface area contributed by atoms with Crippen molar-refractivity contribution in [3.8, 4) is 5.75 Å². The van der Waals surface area contributed by atoms with Crippen molar-refractivity contribution in [1.82, 2.24) is 10.2 Å². The van der Waals surface area contributed by atoms with Crippen LogP contribution in [0.15, 0.2) is 24.3 Å². The Balaban J connectivity index is 0.00000161. The van der Waals surface area contributed by atoms with Gasteiger partial charge in [0.05, 0.1) is 12.5 Å². The zero-order valence-corrected chi connectivity index (χ0v) is 13.2. The first-order chi connectivity index (χ1) is 9.79. The Hall–Kier alpha value is -1.26. The largest absolute Gasteiger partial charge is 0.493 e. The summed E-state index contributed by atoms with van der Waals surface area (Å²) < 4.78 is 5.65. The Labute approximate surface area is 132 Å². The number of carbonyl (C=O) groups is 1. The van der Waals surface area contributed by atoms with E-state index in [2.05, 4.69) is 5.32 Å². The highest BCUT2D eigenvalue weighted by Gasteiger charge is 2.32. The second-order valence-electron chi connectivity index (χ2n) is 5.64. The minimum absolute atomic E-state index is 0. The standard InChI is InChI=1S/C16H22N2O2.ClH/c1-17-12-5-4-9-18(11-12)16(19)14-8-10-20-15-7-3-2-6-13(14)15;/h2-3,6-7,12,14,17H,4-5,8-11H2,1H3;1H. The average Bonchev–Trinajstić information content (AvgIpc) is 2.53. The maximum Gasteiger partial charge on any atom is 0.230 e. The maximum atomic E-state index is 12.8. The Morgan fingerprint density at radius 3 is 2.95 bits per heavy atom. The predicted molar refractivity (Wildman–Crippen MR) is 85.2 cm³/mol. The molecule has 0 radical (unpaired) electrons. The number of likely N-dealkylation sites (N-methyl/N-ethyl adjacent to an activating group) is 1. The van der Waals surface area contributed by atoms with E-state index in [9.17, 15) is 4.79 Å². The van der Waals surface area contributed by atoms with E-state index in [1.165, 1.54) is 0 Å². The Kier molecular flexibility index (Phi) is 5.48. The van der Waals surface area contributed by atoms with Crippen molar-refractivity contribution in [2.24, 2.45) is 0 Å². The molecule has 0 aromatic heterocycles. The summed E-state index contributed by atoms with van der Waals surface area (Å²) in [5.74, 6) is 1.11. The molecule has 2 atom stereocenters. The zero-order valence-electron chi connectivity index (χ0n) is 12.4. The number of halogens is 1. The molecule has 1 aromatic rings. The van der Waals surface area contributed by atoms with Gasteiger partial charge in [-0.3, -0.25) is 4.79 Å². The van der Waals surface area contributed by atoms with Gasteiger partial charge in [-0.2, -0.15) is 0 Å². The monoisotopic (exact) mass is 310 g/mol. The van der Waals surface area contributed by atoms with Gasteiger partial charge < -0.3 is 15.0 Å². The molecule has 2 aliphatic heterocycles. The minimum Gasteiger partial charge on any atom is -0.493 e. The molecule has 1 aromatic carbocycles. The van der Waals surface area contributed by atoms with Crippen molar-refractivity contribution in [3.63, 3.8) is 0 Å². The van der Waals surface area contributed by atoms with Crippen molar-refractivity contribution < 1.29 is 9.53 Å². The van der Waals surface area contributed by atoms with Gasteiger partial charge in [-0.25, -0.2) is 0 Å². The molecule has 2 heterocycles. The molecule has 2 aliphatic rings. The number of carbonyl (C=O) groups excluding carboxylic acids is 1. The number of hydrogen-bond donors (Lipinski definition) is 1. The van der Waals surface area contributed by atoms with E-state index in [1.807, 2.05) is 36.2 Å². The van der Waals surface area contributed by atoms with Crippen LogP contribution < -0.4 is 10.1 Å². The van der Waals surface area contributed by atoms with Gasteiger partial charge in [0, 0.05) is 24.7 Å². The quantitative estimate of drug-likeness (QED) is 0.910. The van der Waals surface area contributed by atoms with Gasteiger partial charge in [-0.15, -0.1) is 12.4 Å². The highest BCUT2D eigenvalue weighted by molar-refractivity contribution is 5.85. The average molecular weight is 311 g/mol. The number of benzene rings is 1. The van der Waals surface area contributed by atoms with Gasteiger partial charge in [0.15, 0.2) is 0 Å². The third kappa shape index (κ3) is 3.33. The highest BCUT2D eigenvalue weighted by Crippen LogP contribution is 2.35. The number of piperidine rings is 1. The van der Waals surface area contributed by atoms with Crippen LogP contribution in [0.2, 0.25) is 0 Å². The van der Waals surface area contributed by atoms with Crippen molar-refractivity contribution >= 4 is 18.3 Å². The lowest BCUT2D eigenvalue weighted by molar-refractivity contribution is -0.134. The molecule has 0 aliphatic carbocycles. The van der Waals surface area contributed by atoms with Crippen LogP contribution in [0.3, 0.4) is 0 Å². The van der Waals surface area contributed by atoms with Gasteiger partial charge in [0.2, 0.25) is 5.91 Å². The molecule has 2 unspecified atom stereocenters. The summed E-state index contributed by atoms with van der Waals surface area (Å²) in [5, 5.41) is 3.29. The van der Waals surface area contributed by atoms with E-state index < -0.39 is 0 Å². The van der Waals surface area contributed by atoms with E-state index in [1.54, 1.807) is 0 Å². The molecule has 1 N–H and O–H groups in total. The van der Waals surface area contributed by atoms with Crippen LogP contribution in [0.25, 0.3) is 0 Å². The molecule has 0 saturated carbocycles. The van der Waals surface area contributed by atoms with E-state index in [0.29, 0.717) is 12.6 Å². The molecular weight excluding hydrogens is 288 g/mol. The topological polar surface area (TPSA) is 41.6 Å². The number of nitrogens with one attached hydrogen (secondary N) is 1. The number of rotatable bonds is 2. The van der Waals surface area contributed by atoms with Crippen LogP contribution in [0.4, 0.5) is 0 Å². The maximum absolute atomic E-state index is 12.8. The number of fused-ring (bicyclic) bond motifs is 1. The summed E-state index contributed by atoms with van der Waals surface area (Å²) >= 11 is 0. The molecule has 5 heteroatoms. The number of ether oxygens (including phenoxy) is 1. The normalized spacial score (nSPS) is 24.5. The first kappa shape index (κ1) is 16.1. The van der Waals surface area contributed by atoms with Gasteiger partial charge >= 0.3 is 0 Å². The smallest absolute Gasteiger partial charge is 0.230 e. The molecule has 1 saturated heterocycles. The molecular formula is C16H23ClN2O2. The van der Waals surface area contributed by atoms with Crippen LogP contribution in [0.5, 0.6) is 5.75 Å². The van der Waals surface area contributed by atoms with Crippen LogP contribution in [0, 0.1) is 0 Å². The molecule has 116 valence electrons. The third-order valence-electron chi connectivity index (χ3n) is 4.40. The highest BCUT2D eigenvalue weighted by atomic mass is 35.5. The molecule has 0 spiro atoms.